The zero-order valence-corrected chi connectivity index (χ0v) is 7.60. The summed E-state index contributed by atoms with van der Waals surface area (Å²) in [4.78, 5) is 15.3. The topological polar surface area (TPSA) is 69.6 Å². The van der Waals surface area contributed by atoms with Crippen LogP contribution in [0.15, 0.2) is 24.5 Å². The molecule has 2 N–H and O–H groups in total. The molecule has 0 saturated heterocycles. The lowest BCUT2D eigenvalue weighted by molar-refractivity contribution is 0.0602. The van der Waals surface area contributed by atoms with Crippen molar-refractivity contribution in [1.82, 2.24) is 9.38 Å². The highest BCUT2D eigenvalue weighted by Crippen LogP contribution is 2.12. The monoisotopic (exact) mass is 191 g/mol. The van der Waals surface area contributed by atoms with Gasteiger partial charge in [-0.2, -0.15) is 0 Å². The average molecular weight is 191 g/mol. The third kappa shape index (κ3) is 1.19. The first-order valence-electron chi connectivity index (χ1n) is 4.04. The third-order valence-electron chi connectivity index (χ3n) is 1.91. The van der Waals surface area contributed by atoms with Gasteiger partial charge in [-0.1, -0.05) is 0 Å². The number of nitrogens with zero attached hydrogens (tertiary/aromatic N) is 2. The first-order valence-corrected chi connectivity index (χ1v) is 4.04. The summed E-state index contributed by atoms with van der Waals surface area (Å²) < 4.78 is 6.30. The number of hydrogen-bond donors (Lipinski definition) is 1. The summed E-state index contributed by atoms with van der Waals surface area (Å²) in [6.45, 7) is 0. The number of hydrogen-bond acceptors (Lipinski definition) is 4. The average Bonchev–Trinajstić information content (AvgIpc) is 2.56. The number of nitrogen functional groups attached to an aromatic ring is 1. The maximum absolute atomic E-state index is 11.3. The van der Waals surface area contributed by atoms with Crippen molar-refractivity contribution in [3.8, 4) is 0 Å². The molecule has 0 radical (unpaired) electrons. The van der Waals surface area contributed by atoms with E-state index in [1.54, 1.807) is 28.9 Å². The van der Waals surface area contributed by atoms with Gasteiger partial charge >= 0.3 is 5.97 Å². The Kier molecular flexibility index (Phi) is 1.85. The summed E-state index contributed by atoms with van der Waals surface area (Å²) in [5, 5.41) is 0. The molecule has 0 aromatic carbocycles. The summed E-state index contributed by atoms with van der Waals surface area (Å²) >= 11 is 0. The summed E-state index contributed by atoms with van der Waals surface area (Å²) in [7, 11) is 1.33. The van der Waals surface area contributed by atoms with E-state index in [2.05, 4.69) is 9.72 Å². The van der Waals surface area contributed by atoms with E-state index in [1.807, 2.05) is 0 Å². The van der Waals surface area contributed by atoms with Crippen molar-refractivity contribution in [2.75, 3.05) is 12.8 Å². The van der Waals surface area contributed by atoms with Crippen LogP contribution in [-0.2, 0) is 4.74 Å². The van der Waals surface area contributed by atoms with Gasteiger partial charge in [-0.25, -0.2) is 9.78 Å². The standard InChI is InChI=1S/C9H9N3O2/c1-14-9(13)6-3-2-4-12-5-7(10)11-8(6)12/h2-5H,10H2,1H3. The number of nitrogens with two attached hydrogens (primary N) is 1. The number of methoxy groups -OCH3 is 1. The molecule has 14 heavy (non-hydrogen) atoms. The normalized spacial score (nSPS) is 10.4. The molecule has 5 nitrogen and oxygen atoms in total. The van der Waals surface area contributed by atoms with E-state index in [4.69, 9.17) is 5.73 Å². The fraction of sp³-hybridized carbons (Fsp3) is 0.111. The molecule has 2 aromatic heterocycles. The first-order chi connectivity index (χ1) is 6.72. The van der Waals surface area contributed by atoms with Gasteiger partial charge in [-0.3, -0.25) is 0 Å². The van der Waals surface area contributed by atoms with Crippen LogP contribution in [0.4, 0.5) is 5.82 Å². The second-order valence-corrected chi connectivity index (χ2v) is 2.81. The van der Waals surface area contributed by atoms with Crippen LogP contribution in [0.1, 0.15) is 10.4 Å². The van der Waals surface area contributed by atoms with Crippen LogP contribution in [0.3, 0.4) is 0 Å². The van der Waals surface area contributed by atoms with Crippen molar-refractivity contribution in [3.05, 3.63) is 30.1 Å². The molecular weight excluding hydrogens is 182 g/mol. The Balaban J connectivity index is 2.70. The molecule has 0 aliphatic heterocycles. The van der Waals surface area contributed by atoms with Crippen LogP contribution in [0, 0.1) is 0 Å². The number of carbonyl (C=O) groups is 1. The molecule has 0 atom stereocenters. The number of imidazole rings is 1. The van der Waals surface area contributed by atoms with Crippen LogP contribution in [0.5, 0.6) is 0 Å². The minimum Gasteiger partial charge on any atom is -0.465 e. The molecular formula is C9H9N3O2. The quantitative estimate of drug-likeness (QED) is 0.674. The van der Waals surface area contributed by atoms with E-state index in [1.165, 1.54) is 7.11 Å². The maximum Gasteiger partial charge on any atom is 0.341 e. The van der Waals surface area contributed by atoms with Crippen LogP contribution in [-0.4, -0.2) is 22.5 Å². The minimum absolute atomic E-state index is 0.376. The smallest absolute Gasteiger partial charge is 0.341 e. The summed E-state index contributed by atoms with van der Waals surface area (Å²) in [6, 6.07) is 3.38. The Morgan fingerprint density at radius 2 is 2.43 bits per heavy atom. The Morgan fingerprint density at radius 3 is 3.14 bits per heavy atom. The van der Waals surface area contributed by atoms with Gasteiger partial charge < -0.3 is 14.9 Å². The van der Waals surface area contributed by atoms with E-state index in [0.29, 0.717) is 17.0 Å². The van der Waals surface area contributed by atoms with E-state index in [0.717, 1.165) is 0 Å². The second kappa shape index (κ2) is 3.02. The Bertz CT molecular complexity index is 490. The van der Waals surface area contributed by atoms with Crippen molar-refractivity contribution in [3.63, 3.8) is 0 Å². The molecule has 0 amide bonds. The lowest BCUT2D eigenvalue weighted by atomic mass is 10.3. The van der Waals surface area contributed by atoms with Crippen LogP contribution >= 0.6 is 0 Å². The van der Waals surface area contributed by atoms with Crippen molar-refractivity contribution in [2.45, 2.75) is 0 Å². The highest BCUT2D eigenvalue weighted by molar-refractivity contribution is 5.95. The molecule has 0 bridgehead atoms. The number of anilines is 1. The number of aromatic nitrogens is 2. The Labute approximate surface area is 80.1 Å². The molecule has 0 aliphatic carbocycles. The Hall–Kier alpha value is -2.04. The molecule has 0 aliphatic rings. The fourth-order valence-electron chi connectivity index (χ4n) is 1.30. The van der Waals surface area contributed by atoms with Gasteiger partial charge in [0.15, 0.2) is 5.65 Å². The SMILES string of the molecule is COC(=O)c1cccn2cc(N)nc12. The number of ether oxygens (including phenoxy) is 1. The predicted molar refractivity (Wildman–Crippen MR) is 50.9 cm³/mol. The fourth-order valence-corrected chi connectivity index (χ4v) is 1.30. The summed E-state index contributed by atoms with van der Waals surface area (Å²) in [6.07, 6.45) is 3.41. The maximum atomic E-state index is 11.3. The van der Waals surface area contributed by atoms with Gasteiger partial charge in [0, 0.05) is 6.20 Å². The van der Waals surface area contributed by atoms with Crippen molar-refractivity contribution in [1.29, 1.82) is 0 Å². The summed E-state index contributed by atoms with van der Waals surface area (Å²) in [5.41, 5.74) is 6.44. The molecule has 0 fully saturated rings. The Morgan fingerprint density at radius 1 is 1.64 bits per heavy atom. The van der Waals surface area contributed by atoms with Crippen molar-refractivity contribution in [2.24, 2.45) is 0 Å². The largest absolute Gasteiger partial charge is 0.465 e. The van der Waals surface area contributed by atoms with Crippen LogP contribution in [0.25, 0.3) is 5.65 Å². The molecule has 2 aromatic rings. The lowest BCUT2D eigenvalue weighted by Crippen LogP contribution is -2.03. The summed E-state index contributed by atoms with van der Waals surface area (Å²) in [5.74, 6) is -0.0393. The van der Waals surface area contributed by atoms with Crippen molar-refractivity contribution >= 4 is 17.4 Å². The molecule has 2 heterocycles. The molecule has 0 unspecified atom stereocenters. The first kappa shape index (κ1) is 8.55. The highest BCUT2D eigenvalue weighted by Gasteiger charge is 2.11. The number of rotatable bonds is 1. The molecule has 0 saturated carbocycles. The van der Waals surface area contributed by atoms with Crippen molar-refractivity contribution < 1.29 is 9.53 Å². The van der Waals surface area contributed by atoms with E-state index >= 15 is 0 Å². The molecule has 0 spiro atoms. The lowest BCUT2D eigenvalue weighted by Gasteiger charge is -1.99. The zero-order valence-electron chi connectivity index (χ0n) is 7.60. The number of esters is 1. The van der Waals surface area contributed by atoms with Gasteiger partial charge in [0.05, 0.1) is 13.3 Å². The molecule has 2 rings (SSSR count). The van der Waals surface area contributed by atoms with Gasteiger partial charge in [-0.15, -0.1) is 0 Å². The van der Waals surface area contributed by atoms with Gasteiger partial charge in [0.25, 0.3) is 0 Å². The van der Waals surface area contributed by atoms with Gasteiger partial charge in [0.2, 0.25) is 0 Å². The number of pyridine rings is 1. The minimum atomic E-state index is -0.416. The zero-order chi connectivity index (χ0) is 10.1. The van der Waals surface area contributed by atoms with E-state index in [-0.39, 0.29) is 0 Å². The van der Waals surface area contributed by atoms with Crippen LogP contribution in [0.2, 0.25) is 0 Å². The molecule has 72 valence electrons. The van der Waals surface area contributed by atoms with E-state index in [9.17, 15) is 4.79 Å². The van der Waals surface area contributed by atoms with E-state index < -0.39 is 5.97 Å². The van der Waals surface area contributed by atoms with Gasteiger partial charge in [-0.05, 0) is 12.1 Å². The number of fused-ring (bicyclic) bond motifs is 1. The number of carbonyl (C=O) groups excluding carboxylic acids is 1. The molecule has 5 heteroatoms. The van der Waals surface area contributed by atoms with Crippen LogP contribution < -0.4 is 5.73 Å². The second-order valence-electron chi connectivity index (χ2n) is 2.81. The van der Waals surface area contributed by atoms with Gasteiger partial charge in [0.1, 0.15) is 11.4 Å². The highest BCUT2D eigenvalue weighted by atomic mass is 16.5. The third-order valence-corrected chi connectivity index (χ3v) is 1.91. The predicted octanol–water partition coefficient (Wildman–Crippen LogP) is 0.703.